The van der Waals surface area contributed by atoms with Crippen LogP contribution in [0.2, 0.25) is 0 Å². The molecule has 1 aliphatic heterocycles. The quantitative estimate of drug-likeness (QED) is 0.196. The van der Waals surface area contributed by atoms with Gasteiger partial charge in [0.2, 0.25) is 0 Å². The second kappa shape index (κ2) is 10.9. The van der Waals surface area contributed by atoms with Crippen LogP contribution in [0, 0.1) is 6.92 Å². The van der Waals surface area contributed by atoms with Crippen LogP contribution < -0.4 is 9.64 Å². The van der Waals surface area contributed by atoms with Crippen LogP contribution in [0.1, 0.15) is 60.8 Å². The van der Waals surface area contributed by atoms with E-state index in [0.29, 0.717) is 22.6 Å². The number of aryl methyl sites for hydroxylation is 1. The van der Waals surface area contributed by atoms with Gasteiger partial charge in [0.1, 0.15) is 11.5 Å². The van der Waals surface area contributed by atoms with Crippen LogP contribution in [0.25, 0.3) is 5.76 Å². The molecular weight excluding hydrogens is 484 g/mol. The fraction of sp³-hybridized carbons (Fsp3) is 0.267. The van der Waals surface area contributed by atoms with E-state index in [1.807, 2.05) is 20.8 Å². The highest BCUT2D eigenvalue weighted by atomic mass is 16.5. The number of ketones is 1. The Morgan fingerprint density at radius 3 is 2.37 bits per heavy atom. The molecule has 1 fully saturated rings. The molecule has 2 heterocycles. The number of carbonyl (C=O) groups excluding carboxylic acids is 3. The fourth-order valence-corrected chi connectivity index (χ4v) is 4.36. The van der Waals surface area contributed by atoms with Gasteiger partial charge in [0.05, 0.1) is 29.4 Å². The van der Waals surface area contributed by atoms with E-state index in [9.17, 15) is 19.5 Å². The number of pyridine rings is 1. The zero-order valence-corrected chi connectivity index (χ0v) is 22.0. The number of hydrogen-bond acceptors (Lipinski definition) is 7. The maximum Gasteiger partial charge on any atom is 0.338 e. The van der Waals surface area contributed by atoms with Crippen LogP contribution in [0.3, 0.4) is 0 Å². The molecule has 0 saturated carbocycles. The van der Waals surface area contributed by atoms with Crippen LogP contribution in [0.5, 0.6) is 5.75 Å². The topological polar surface area (TPSA) is 106 Å². The Labute approximate surface area is 221 Å². The summed E-state index contributed by atoms with van der Waals surface area (Å²) in [4.78, 5) is 44.8. The molecule has 38 heavy (non-hydrogen) atoms. The average molecular weight is 515 g/mol. The lowest BCUT2D eigenvalue weighted by atomic mass is 9.95. The average Bonchev–Trinajstić information content (AvgIpc) is 3.15. The van der Waals surface area contributed by atoms with E-state index < -0.39 is 23.7 Å². The Hall–Kier alpha value is -4.46. The predicted molar refractivity (Wildman–Crippen MR) is 143 cm³/mol. The third-order valence-electron chi connectivity index (χ3n) is 5.96. The summed E-state index contributed by atoms with van der Waals surface area (Å²) < 4.78 is 11.1. The van der Waals surface area contributed by atoms with Gasteiger partial charge < -0.3 is 14.6 Å². The molecule has 1 N–H and O–H groups in total. The standard InChI is InChI=1S/C30H30N2O6/c1-17(2)37-24-12-11-20(14-19(24)5)27(33)25-26(22-9-7-13-31-16-22)32(29(35)28(25)34)23-10-6-8-21(15-23)30(36)38-18(3)4/h6-18,26,33H,1-5H3/b27-25+. The molecule has 1 atom stereocenters. The molecule has 0 aliphatic carbocycles. The van der Waals surface area contributed by atoms with Crippen LogP contribution in [-0.2, 0) is 14.3 Å². The summed E-state index contributed by atoms with van der Waals surface area (Å²) in [6.07, 6.45) is 2.77. The van der Waals surface area contributed by atoms with Crippen LogP contribution in [-0.4, -0.2) is 40.0 Å². The summed E-state index contributed by atoms with van der Waals surface area (Å²) in [6, 6.07) is 13.9. The molecule has 8 heteroatoms. The van der Waals surface area contributed by atoms with Crippen molar-refractivity contribution in [2.24, 2.45) is 0 Å². The molecule has 1 saturated heterocycles. The van der Waals surface area contributed by atoms with Gasteiger partial charge in [-0.1, -0.05) is 12.1 Å². The molecule has 1 unspecified atom stereocenters. The Bertz CT molecular complexity index is 1410. The highest BCUT2D eigenvalue weighted by molar-refractivity contribution is 6.51. The van der Waals surface area contributed by atoms with E-state index in [1.54, 1.807) is 74.8 Å². The highest BCUT2D eigenvalue weighted by Gasteiger charge is 2.47. The molecule has 4 rings (SSSR count). The monoisotopic (exact) mass is 514 g/mol. The van der Waals surface area contributed by atoms with Crippen molar-refractivity contribution in [1.29, 1.82) is 0 Å². The third kappa shape index (κ3) is 5.29. The number of aromatic nitrogens is 1. The van der Waals surface area contributed by atoms with Gasteiger partial charge in [-0.15, -0.1) is 0 Å². The summed E-state index contributed by atoms with van der Waals surface area (Å²) in [5.41, 5.74) is 2.15. The second-order valence-electron chi connectivity index (χ2n) is 9.61. The summed E-state index contributed by atoms with van der Waals surface area (Å²) in [5.74, 6) is -1.87. The number of carbonyl (C=O) groups is 3. The van der Waals surface area contributed by atoms with Crippen LogP contribution in [0.15, 0.2) is 72.6 Å². The second-order valence-corrected chi connectivity index (χ2v) is 9.61. The number of ether oxygens (including phenoxy) is 2. The van der Waals surface area contributed by atoms with Crippen molar-refractivity contribution < 1.29 is 29.0 Å². The fourth-order valence-electron chi connectivity index (χ4n) is 4.36. The first-order chi connectivity index (χ1) is 18.1. The van der Waals surface area contributed by atoms with Crippen molar-refractivity contribution in [3.63, 3.8) is 0 Å². The number of aliphatic hydroxyl groups excluding tert-OH is 1. The van der Waals surface area contributed by atoms with Crippen molar-refractivity contribution in [3.05, 3.63) is 94.8 Å². The maximum absolute atomic E-state index is 13.4. The zero-order chi connectivity index (χ0) is 27.6. The zero-order valence-electron chi connectivity index (χ0n) is 22.0. The number of amides is 1. The summed E-state index contributed by atoms with van der Waals surface area (Å²) in [5, 5.41) is 11.4. The van der Waals surface area contributed by atoms with Gasteiger partial charge in [-0.2, -0.15) is 0 Å². The summed E-state index contributed by atoms with van der Waals surface area (Å²) in [6.45, 7) is 9.16. The Morgan fingerprint density at radius 1 is 0.974 bits per heavy atom. The van der Waals surface area contributed by atoms with Gasteiger partial charge >= 0.3 is 5.97 Å². The van der Waals surface area contributed by atoms with E-state index in [0.717, 1.165) is 5.56 Å². The minimum atomic E-state index is -0.966. The lowest BCUT2D eigenvalue weighted by Gasteiger charge is -2.25. The van der Waals surface area contributed by atoms with Crippen molar-refractivity contribution in [2.75, 3.05) is 4.90 Å². The molecule has 0 radical (unpaired) electrons. The molecule has 8 nitrogen and oxygen atoms in total. The minimum absolute atomic E-state index is 0.0300. The first-order valence-electron chi connectivity index (χ1n) is 12.4. The number of hydrogen-bond donors (Lipinski definition) is 1. The number of anilines is 1. The largest absolute Gasteiger partial charge is 0.507 e. The molecular formula is C30H30N2O6. The lowest BCUT2D eigenvalue weighted by Crippen LogP contribution is -2.29. The van der Waals surface area contributed by atoms with E-state index in [4.69, 9.17) is 9.47 Å². The molecule has 196 valence electrons. The highest BCUT2D eigenvalue weighted by Crippen LogP contribution is 2.42. The number of Topliss-reactive ketones (excluding diaryl/α,β-unsaturated/α-hetero) is 1. The Kier molecular flexibility index (Phi) is 7.62. The molecule has 3 aromatic rings. The smallest absolute Gasteiger partial charge is 0.338 e. The molecule has 1 aliphatic rings. The molecule has 0 spiro atoms. The van der Waals surface area contributed by atoms with E-state index in [-0.39, 0.29) is 29.1 Å². The van der Waals surface area contributed by atoms with E-state index in [1.165, 1.54) is 11.0 Å². The number of nitrogens with zero attached hydrogens (tertiary/aromatic N) is 2. The van der Waals surface area contributed by atoms with Crippen LogP contribution >= 0.6 is 0 Å². The third-order valence-corrected chi connectivity index (χ3v) is 5.96. The maximum atomic E-state index is 13.4. The van der Waals surface area contributed by atoms with Gasteiger partial charge in [-0.05, 0) is 88.2 Å². The molecule has 2 aromatic carbocycles. The van der Waals surface area contributed by atoms with Crippen LogP contribution in [0.4, 0.5) is 5.69 Å². The Balaban J connectivity index is 1.85. The van der Waals surface area contributed by atoms with Crippen molar-refractivity contribution in [2.45, 2.75) is 52.9 Å². The normalized spacial score (nSPS) is 16.8. The van der Waals surface area contributed by atoms with Crippen molar-refractivity contribution >= 4 is 29.1 Å². The first-order valence-corrected chi connectivity index (χ1v) is 12.4. The van der Waals surface area contributed by atoms with Gasteiger partial charge in [-0.25, -0.2) is 4.79 Å². The van der Waals surface area contributed by atoms with Gasteiger partial charge in [0.25, 0.3) is 11.7 Å². The SMILES string of the molecule is Cc1cc(/C(O)=C2\C(=O)C(=O)N(c3cccc(C(=O)OC(C)C)c3)C2c2cccnc2)ccc1OC(C)C. The lowest BCUT2D eigenvalue weighted by molar-refractivity contribution is -0.132. The van der Waals surface area contributed by atoms with E-state index >= 15 is 0 Å². The number of benzene rings is 2. The van der Waals surface area contributed by atoms with Crippen molar-refractivity contribution in [1.82, 2.24) is 4.98 Å². The first kappa shape index (κ1) is 26.6. The number of esters is 1. The number of rotatable bonds is 7. The molecule has 1 aromatic heterocycles. The minimum Gasteiger partial charge on any atom is -0.507 e. The van der Waals surface area contributed by atoms with Gasteiger partial charge in [-0.3, -0.25) is 19.5 Å². The summed E-state index contributed by atoms with van der Waals surface area (Å²) >= 11 is 0. The summed E-state index contributed by atoms with van der Waals surface area (Å²) in [7, 11) is 0. The van der Waals surface area contributed by atoms with E-state index in [2.05, 4.69) is 4.98 Å². The Morgan fingerprint density at radius 2 is 1.74 bits per heavy atom. The molecule has 1 amide bonds. The molecule has 0 bridgehead atoms. The number of aliphatic hydroxyl groups is 1. The van der Waals surface area contributed by atoms with Gasteiger partial charge in [0, 0.05) is 23.6 Å². The predicted octanol–water partition coefficient (Wildman–Crippen LogP) is 5.37. The van der Waals surface area contributed by atoms with Gasteiger partial charge in [0.15, 0.2) is 0 Å². The van der Waals surface area contributed by atoms with Crippen molar-refractivity contribution in [3.8, 4) is 5.75 Å².